The maximum absolute atomic E-state index is 6.29. The largest absolute Gasteiger partial charge is 0.328 e. The van der Waals surface area contributed by atoms with Gasteiger partial charge in [0.2, 0.25) is 0 Å². The highest BCUT2D eigenvalue weighted by Crippen LogP contribution is 2.14. The molecule has 0 saturated heterocycles. The molecule has 1 atom stereocenters. The van der Waals surface area contributed by atoms with Crippen LogP contribution in [-0.4, -0.2) is 6.04 Å². The predicted octanol–water partition coefficient (Wildman–Crippen LogP) is 9.51. The van der Waals surface area contributed by atoms with Crippen LogP contribution in [0, 0.1) is 5.92 Å². The Balaban J connectivity index is 3.26. The van der Waals surface area contributed by atoms with E-state index in [2.05, 4.69) is 45.1 Å². The molecule has 29 heavy (non-hydrogen) atoms. The van der Waals surface area contributed by atoms with Crippen molar-refractivity contribution < 1.29 is 0 Å². The van der Waals surface area contributed by atoms with Gasteiger partial charge in [-0.25, -0.2) is 0 Å². The molecular weight excluding hydrogens is 350 g/mol. The van der Waals surface area contributed by atoms with E-state index in [9.17, 15) is 0 Å². The molecule has 1 nitrogen and oxygen atoms in total. The molecule has 0 fully saturated rings. The van der Waals surface area contributed by atoms with Crippen LogP contribution in [0.4, 0.5) is 0 Å². The zero-order valence-electron chi connectivity index (χ0n) is 20.5. The molecule has 0 aromatic heterocycles. The maximum atomic E-state index is 6.29. The summed E-state index contributed by atoms with van der Waals surface area (Å²) in [6, 6.07) is 0.448. The first kappa shape index (κ1) is 28.4. The fourth-order valence-corrected chi connectivity index (χ4v) is 3.85. The summed E-state index contributed by atoms with van der Waals surface area (Å²) >= 11 is 0. The van der Waals surface area contributed by atoms with E-state index in [4.69, 9.17) is 5.73 Å². The van der Waals surface area contributed by atoms with Crippen molar-refractivity contribution in [2.24, 2.45) is 11.7 Å². The van der Waals surface area contributed by atoms with E-state index in [-0.39, 0.29) is 0 Å². The van der Waals surface area contributed by atoms with Crippen molar-refractivity contribution in [3.8, 4) is 0 Å². The monoisotopic (exact) mass is 405 g/mol. The molecule has 0 aromatic rings. The molecular formula is C28H55N. The first-order valence-electron chi connectivity index (χ1n) is 13.2. The Morgan fingerprint density at radius 2 is 1.00 bits per heavy atom. The van der Waals surface area contributed by atoms with Crippen LogP contribution in [0.1, 0.15) is 143 Å². The third-order valence-electron chi connectivity index (χ3n) is 5.88. The zero-order valence-corrected chi connectivity index (χ0v) is 20.5. The SMILES string of the molecule is CCCCC/C=C/C/C=C/CCCCCCCC(N)CCCCCCCC(C)C. The first-order valence-corrected chi connectivity index (χ1v) is 13.2. The molecule has 1 heteroatoms. The van der Waals surface area contributed by atoms with Crippen molar-refractivity contribution in [3.63, 3.8) is 0 Å². The number of rotatable bonds is 22. The predicted molar refractivity (Wildman–Crippen MR) is 134 cm³/mol. The van der Waals surface area contributed by atoms with Crippen molar-refractivity contribution in [3.05, 3.63) is 24.3 Å². The van der Waals surface area contributed by atoms with Gasteiger partial charge in [0.25, 0.3) is 0 Å². The quantitative estimate of drug-likeness (QED) is 0.141. The van der Waals surface area contributed by atoms with Crippen molar-refractivity contribution in [1.29, 1.82) is 0 Å². The molecule has 0 rings (SSSR count). The molecule has 0 spiro atoms. The van der Waals surface area contributed by atoms with Gasteiger partial charge in [0, 0.05) is 6.04 Å². The fraction of sp³-hybridized carbons (Fsp3) is 0.857. The van der Waals surface area contributed by atoms with Gasteiger partial charge in [-0.3, -0.25) is 0 Å². The molecule has 0 aromatic carbocycles. The van der Waals surface area contributed by atoms with Gasteiger partial charge < -0.3 is 5.73 Å². The molecule has 0 aliphatic rings. The Bertz CT molecular complexity index is 355. The lowest BCUT2D eigenvalue weighted by Gasteiger charge is -2.11. The van der Waals surface area contributed by atoms with Crippen LogP contribution in [-0.2, 0) is 0 Å². The van der Waals surface area contributed by atoms with E-state index >= 15 is 0 Å². The second kappa shape index (κ2) is 23.7. The van der Waals surface area contributed by atoms with E-state index < -0.39 is 0 Å². The highest BCUT2D eigenvalue weighted by atomic mass is 14.6. The Morgan fingerprint density at radius 3 is 1.52 bits per heavy atom. The molecule has 0 bridgehead atoms. The van der Waals surface area contributed by atoms with Gasteiger partial charge in [-0.15, -0.1) is 0 Å². The number of hydrogen-bond donors (Lipinski definition) is 1. The van der Waals surface area contributed by atoms with Crippen LogP contribution in [0.15, 0.2) is 24.3 Å². The lowest BCUT2D eigenvalue weighted by Crippen LogP contribution is -2.19. The van der Waals surface area contributed by atoms with Crippen molar-refractivity contribution in [2.75, 3.05) is 0 Å². The van der Waals surface area contributed by atoms with Crippen LogP contribution in [0.5, 0.6) is 0 Å². The Hall–Kier alpha value is -0.560. The van der Waals surface area contributed by atoms with Gasteiger partial charge in [0.05, 0.1) is 0 Å². The molecule has 2 N–H and O–H groups in total. The average Bonchev–Trinajstić information content (AvgIpc) is 2.70. The van der Waals surface area contributed by atoms with Crippen molar-refractivity contribution >= 4 is 0 Å². The topological polar surface area (TPSA) is 26.0 Å². The molecule has 0 aliphatic heterocycles. The molecule has 172 valence electrons. The van der Waals surface area contributed by atoms with Gasteiger partial charge in [0.1, 0.15) is 0 Å². The smallest absolute Gasteiger partial charge is 0.00388 e. The van der Waals surface area contributed by atoms with Gasteiger partial charge in [-0.2, -0.15) is 0 Å². The summed E-state index contributed by atoms with van der Waals surface area (Å²) in [7, 11) is 0. The summed E-state index contributed by atoms with van der Waals surface area (Å²) in [6.45, 7) is 6.91. The van der Waals surface area contributed by atoms with Gasteiger partial charge in [-0.1, -0.05) is 122 Å². The van der Waals surface area contributed by atoms with Gasteiger partial charge in [-0.05, 0) is 50.9 Å². The maximum Gasteiger partial charge on any atom is 0.00388 e. The minimum absolute atomic E-state index is 0.448. The Labute approximate surface area is 185 Å². The minimum atomic E-state index is 0.448. The lowest BCUT2D eigenvalue weighted by molar-refractivity contribution is 0.475. The fourth-order valence-electron chi connectivity index (χ4n) is 3.85. The van der Waals surface area contributed by atoms with Crippen molar-refractivity contribution in [2.45, 2.75) is 149 Å². The van der Waals surface area contributed by atoms with E-state index in [1.54, 1.807) is 0 Å². The summed E-state index contributed by atoms with van der Waals surface area (Å²) in [4.78, 5) is 0. The summed E-state index contributed by atoms with van der Waals surface area (Å²) in [5, 5.41) is 0. The van der Waals surface area contributed by atoms with Crippen LogP contribution in [0.25, 0.3) is 0 Å². The average molecular weight is 406 g/mol. The standard InChI is InChI=1S/C28H55N/c1-4-5-6-7-8-9-10-11-12-13-14-15-16-19-22-25-28(29)26-23-20-17-18-21-24-27(2)3/h8-9,11-12,27-28H,4-7,10,13-26,29H2,1-3H3/b9-8+,12-11+. The van der Waals surface area contributed by atoms with Gasteiger partial charge in [0.15, 0.2) is 0 Å². The molecule has 0 heterocycles. The highest BCUT2D eigenvalue weighted by Gasteiger charge is 2.02. The van der Waals surface area contributed by atoms with Crippen LogP contribution in [0.2, 0.25) is 0 Å². The molecule has 0 radical (unpaired) electrons. The highest BCUT2D eigenvalue weighted by molar-refractivity contribution is 4.92. The number of nitrogens with two attached hydrogens (primary N) is 1. The van der Waals surface area contributed by atoms with Gasteiger partial charge >= 0.3 is 0 Å². The summed E-state index contributed by atoms with van der Waals surface area (Å²) in [5.41, 5.74) is 6.29. The second-order valence-corrected chi connectivity index (χ2v) is 9.52. The molecule has 1 unspecified atom stereocenters. The number of hydrogen-bond acceptors (Lipinski definition) is 1. The lowest BCUT2D eigenvalue weighted by atomic mass is 10.00. The van der Waals surface area contributed by atoms with E-state index in [0.717, 1.165) is 12.3 Å². The second-order valence-electron chi connectivity index (χ2n) is 9.52. The van der Waals surface area contributed by atoms with Crippen LogP contribution < -0.4 is 5.73 Å². The third-order valence-corrected chi connectivity index (χ3v) is 5.88. The van der Waals surface area contributed by atoms with E-state index in [1.165, 1.54) is 116 Å². The van der Waals surface area contributed by atoms with Crippen LogP contribution in [0.3, 0.4) is 0 Å². The molecule has 0 aliphatic carbocycles. The Morgan fingerprint density at radius 1 is 0.552 bits per heavy atom. The van der Waals surface area contributed by atoms with E-state index in [1.807, 2.05) is 0 Å². The number of allylic oxidation sites excluding steroid dienone is 4. The molecule has 0 saturated carbocycles. The summed E-state index contributed by atoms with van der Waals surface area (Å²) in [6.07, 6.45) is 34.6. The Kier molecular flexibility index (Phi) is 23.3. The third kappa shape index (κ3) is 25.4. The van der Waals surface area contributed by atoms with Crippen molar-refractivity contribution in [1.82, 2.24) is 0 Å². The molecule has 0 amide bonds. The summed E-state index contributed by atoms with van der Waals surface area (Å²) < 4.78 is 0. The van der Waals surface area contributed by atoms with E-state index in [0.29, 0.717) is 6.04 Å². The minimum Gasteiger partial charge on any atom is -0.328 e. The summed E-state index contributed by atoms with van der Waals surface area (Å²) in [5.74, 6) is 0.868. The first-order chi connectivity index (χ1) is 14.2. The normalized spacial score (nSPS) is 13.3. The van der Waals surface area contributed by atoms with Crippen LogP contribution >= 0.6 is 0 Å². The zero-order chi connectivity index (χ0) is 21.4. The number of unbranched alkanes of at least 4 members (excludes halogenated alkanes) is 12.